The highest BCUT2D eigenvalue weighted by molar-refractivity contribution is 7.80. The van der Waals surface area contributed by atoms with E-state index in [0.717, 1.165) is 10.6 Å². The van der Waals surface area contributed by atoms with E-state index in [1.54, 1.807) is 6.20 Å². The zero-order chi connectivity index (χ0) is 13.7. The van der Waals surface area contributed by atoms with Crippen LogP contribution in [0.4, 0.5) is 0 Å². The first-order valence-electron chi connectivity index (χ1n) is 5.69. The van der Waals surface area contributed by atoms with Crippen molar-refractivity contribution in [3.63, 3.8) is 0 Å². The fourth-order valence-electron chi connectivity index (χ4n) is 1.70. The topological polar surface area (TPSA) is 68.0 Å². The summed E-state index contributed by atoms with van der Waals surface area (Å²) in [5, 5.41) is 5.52. The minimum absolute atomic E-state index is 0.169. The molecule has 1 aromatic heterocycles. The predicted molar refractivity (Wildman–Crippen MR) is 79.9 cm³/mol. The molecule has 1 aromatic carbocycles. The molecule has 98 valence electrons. The SMILES string of the molecule is NC(=S)C(C(=O)NCc1nccs1)c1ccccc1. The van der Waals surface area contributed by atoms with Crippen LogP contribution < -0.4 is 11.1 Å². The zero-order valence-electron chi connectivity index (χ0n) is 10.1. The predicted octanol–water partition coefficient (Wildman–Crippen LogP) is 1.83. The second-order valence-corrected chi connectivity index (χ2v) is 5.34. The van der Waals surface area contributed by atoms with Crippen LogP contribution in [0.1, 0.15) is 16.5 Å². The largest absolute Gasteiger partial charge is 0.392 e. The van der Waals surface area contributed by atoms with E-state index in [0.29, 0.717) is 6.54 Å². The Balaban J connectivity index is 2.07. The van der Waals surface area contributed by atoms with Crippen molar-refractivity contribution in [1.29, 1.82) is 0 Å². The van der Waals surface area contributed by atoms with Crippen LogP contribution in [0.2, 0.25) is 0 Å². The van der Waals surface area contributed by atoms with Crippen LogP contribution >= 0.6 is 23.6 Å². The van der Waals surface area contributed by atoms with Gasteiger partial charge in [0.15, 0.2) is 0 Å². The standard InChI is InChI=1S/C13H13N3OS2/c14-12(18)11(9-4-2-1-3-5-9)13(17)16-8-10-15-6-7-19-10/h1-7,11H,8H2,(H2,14,18)(H,16,17). The van der Waals surface area contributed by atoms with Crippen molar-refractivity contribution in [3.05, 3.63) is 52.5 Å². The maximum atomic E-state index is 12.2. The van der Waals surface area contributed by atoms with Crippen molar-refractivity contribution in [2.75, 3.05) is 0 Å². The van der Waals surface area contributed by atoms with Crippen LogP contribution in [-0.4, -0.2) is 15.9 Å². The molecule has 0 spiro atoms. The van der Waals surface area contributed by atoms with E-state index in [9.17, 15) is 4.79 Å². The van der Waals surface area contributed by atoms with Gasteiger partial charge in [-0.1, -0.05) is 42.5 Å². The van der Waals surface area contributed by atoms with Crippen molar-refractivity contribution >= 4 is 34.5 Å². The van der Waals surface area contributed by atoms with Gasteiger partial charge in [0.2, 0.25) is 5.91 Å². The Morgan fingerprint density at radius 3 is 2.74 bits per heavy atom. The number of thiazole rings is 1. The fourth-order valence-corrected chi connectivity index (χ4v) is 2.49. The van der Waals surface area contributed by atoms with E-state index >= 15 is 0 Å². The summed E-state index contributed by atoms with van der Waals surface area (Å²) >= 11 is 6.48. The molecule has 0 radical (unpaired) electrons. The van der Waals surface area contributed by atoms with Crippen LogP contribution in [0, 0.1) is 0 Å². The molecule has 2 aromatic rings. The molecule has 1 unspecified atom stereocenters. The summed E-state index contributed by atoms with van der Waals surface area (Å²) in [6.07, 6.45) is 1.70. The molecule has 1 heterocycles. The average Bonchev–Trinajstić information content (AvgIpc) is 2.90. The Bertz CT molecular complexity index is 555. The average molecular weight is 291 g/mol. The summed E-state index contributed by atoms with van der Waals surface area (Å²) in [4.78, 5) is 16.5. The van der Waals surface area contributed by atoms with Crippen LogP contribution in [0.15, 0.2) is 41.9 Å². The van der Waals surface area contributed by atoms with Gasteiger partial charge >= 0.3 is 0 Å². The number of thiocarbonyl (C=S) groups is 1. The maximum Gasteiger partial charge on any atom is 0.234 e. The normalized spacial score (nSPS) is 11.8. The van der Waals surface area contributed by atoms with E-state index in [-0.39, 0.29) is 10.9 Å². The van der Waals surface area contributed by atoms with Crippen LogP contribution in [0.5, 0.6) is 0 Å². The Kier molecular flexibility index (Phi) is 4.59. The number of aromatic nitrogens is 1. The summed E-state index contributed by atoms with van der Waals surface area (Å²) < 4.78 is 0. The third kappa shape index (κ3) is 3.59. The van der Waals surface area contributed by atoms with Crippen molar-refractivity contribution in [2.24, 2.45) is 5.73 Å². The smallest absolute Gasteiger partial charge is 0.234 e. The third-order valence-electron chi connectivity index (χ3n) is 2.58. The van der Waals surface area contributed by atoms with E-state index < -0.39 is 5.92 Å². The van der Waals surface area contributed by atoms with Crippen LogP contribution in [-0.2, 0) is 11.3 Å². The Labute approximate surface area is 120 Å². The van der Waals surface area contributed by atoms with E-state index in [1.807, 2.05) is 35.7 Å². The summed E-state index contributed by atoms with van der Waals surface area (Å²) in [6, 6.07) is 9.27. The van der Waals surface area contributed by atoms with E-state index in [1.165, 1.54) is 11.3 Å². The molecule has 0 aliphatic heterocycles. The van der Waals surface area contributed by atoms with Crippen LogP contribution in [0.25, 0.3) is 0 Å². The van der Waals surface area contributed by atoms with Gasteiger partial charge < -0.3 is 11.1 Å². The Morgan fingerprint density at radius 1 is 1.42 bits per heavy atom. The minimum Gasteiger partial charge on any atom is -0.392 e. The number of nitrogens with zero attached hydrogens (tertiary/aromatic N) is 1. The summed E-state index contributed by atoms with van der Waals surface area (Å²) in [6.45, 7) is 0.391. The van der Waals surface area contributed by atoms with Gasteiger partial charge in [0.1, 0.15) is 10.9 Å². The van der Waals surface area contributed by atoms with E-state index in [2.05, 4.69) is 10.3 Å². The summed E-state index contributed by atoms with van der Waals surface area (Å²) in [5.74, 6) is -0.801. The molecule has 6 heteroatoms. The molecule has 0 fully saturated rings. The van der Waals surface area contributed by atoms with Gasteiger partial charge in [-0.2, -0.15) is 0 Å². The number of carbonyl (C=O) groups is 1. The number of rotatable bonds is 5. The van der Waals surface area contributed by atoms with Gasteiger partial charge in [-0.15, -0.1) is 11.3 Å². The highest BCUT2D eigenvalue weighted by Crippen LogP contribution is 2.16. The molecule has 0 saturated carbocycles. The molecule has 1 amide bonds. The van der Waals surface area contributed by atoms with Crippen LogP contribution in [0.3, 0.4) is 0 Å². The van der Waals surface area contributed by atoms with Gasteiger partial charge in [0.05, 0.1) is 11.5 Å². The number of hydrogen-bond donors (Lipinski definition) is 2. The second-order valence-electron chi connectivity index (χ2n) is 3.89. The van der Waals surface area contributed by atoms with Crippen molar-refractivity contribution < 1.29 is 4.79 Å². The molecular formula is C13H13N3OS2. The molecule has 0 bridgehead atoms. The molecule has 0 saturated heterocycles. The van der Waals surface area contributed by atoms with Crippen molar-refractivity contribution in [1.82, 2.24) is 10.3 Å². The van der Waals surface area contributed by atoms with Gasteiger partial charge in [0.25, 0.3) is 0 Å². The fraction of sp³-hybridized carbons (Fsp3) is 0.154. The molecule has 0 aliphatic carbocycles. The highest BCUT2D eigenvalue weighted by Gasteiger charge is 2.23. The second kappa shape index (κ2) is 6.40. The number of nitrogens with two attached hydrogens (primary N) is 1. The lowest BCUT2D eigenvalue weighted by atomic mass is 9.98. The maximum absolute atomic E-state index is 12.2. The molecule has 1 atom stereocenters. The lowest BCUT2D eigenvalue weighted by Gasteiger charge is -2.15. The molecule has 0 aliphatic rings. The first-order valence-corrected chi connectivity index (χ1v) is 6.97. The number of carbonyl (C=O) groups excluding carboxylic acids is 1. The molecule has 2 rings (SSSR count). The monoisotopic (exact) mass is 291 g/mol. The molecule has 19 heavy (non-hydrogen) atoms. The van der Waals surface area contributed by atoms with Crippen molar-refractivity contribution in [2.45, 2.75) is 12.5 Å². The molecule has 4 nitrogen and oxygen atoms in total. The number of amides is 1. The van der Waals surface area contributed by atoms with Gasteiger partial charge in [-0.3, -0.25) is 4.79 Å². The highest BCUT2D eigenvalue weighted by atomic mass is 32.1. The summed E-state index contributed by atoms with van der Waals surface area (Å²) in [7, 11) is 0. The minimum atomic E-state index is -0.601. The quantitative estimate of drug-likeness (QED) is 0.825. The zero-order valence-corrected chi connectivity index (χ0v) is 11.7. The number of nitrogens with one attached hydrogen (secondary N) is 1. The Hall–Kier alpha value is -1.79. The number of benzene rings is 1. The Morgan fingerprint density at radius 2 is 2.16 bits per heavy atom. The number of hydrogen-bond acceptors (Lipinski definition) is 4. The van der Waals surface area contributed by atoms with Crippen molar-refractivity contribution in [3.8, 4) is 0 Å². The molecular weight excluding hydrogens is 278 g/mol. The third-order valence-corrected chi connectivity index (χ3v) is 3.59. The van der Waals surface area contributed by atoms with Gasteiger partial charge in [-0.05, 0) is 5.56 Å². The first kappa shape index (κ1) is 13.6. The first-order chi connectivity index (χ1) is 9.18. The molecule has 3 N–H and O–H groups in total. The van der Waals surface area contributed by atoms with Gasteiger partial charge in [-0.25, -0.2) is 4.98 Å². The summed E-state index contributed by atoms with van der Waals surface area (Å²) in [5.41, 5.74) is 6.47. The lowest BCUT2D eigenvalue weighted by molar-refractivity contribution is -0.121. The lowest BCUT2D eigenvalue weighted by Crippen LogP contribution is -2.35. The van der Waals surface area contributed by atoms with Gasteiger partial charge in [0, 0.05) is 11.6 Å². The van der Waals surface area contributed by atoms with E-state index in [4.69, 9.17) is 18.0 Å².